The number of likely N-dealkylation sites (tertiary alicyclic amines) is 1. The summed E-state index contributed by atoms with van der Waals surface area (Å²) in [5, 5.41) is 0. The molecule has 0 bridgehead atoms. The predicted molar refractivity (Wildman–Crippen MR) is 49.7 cm³/mol. The summed E-state index contributed by atoms with van der Waals surface area (Å²) in [6.45, 7) is 11.5. The zero-order valence-electron chi connectivity index (χ0n) is 8.57. The summed E-state index contributed by atoms with van der Waals surface area (Å²) in [7, 11) is 2.22. The molecule has 1 nitrogen and oxygen atoms in total. The molecule has 0 aromatic carbocycles. The van der Waals surface area contributed by atoms with Crippen LogP contribution in [0.4, 0.5) is 0 Å². The van der Waals surface area contributed by atoms with E-state index < -0.39 is 0 Å². The van der Waals surface area contributed by atoms with Gasteiger partial charge in [0.1, 0.15) is 0 Å². The van der Waals surface area contributed by atoms with Crippen LogP contribution >= 0.6 is 0 Å². The smallest absolute Gasteiger partial charge is 0.00384 e. The molecular formula is C10H21N. The van der Waals surface area contributed by atoms with Gasteiger partial charge in [0.15, 0.2) is 0 Å². The highest BCUT2D eigenvalue weighted by Gasteiger charge is 2.65. The highest BCUT2D eigenvalue weighted by Crippen LogP contribution is 2.67. The lowest BCUT2D eigenvalue weighted by Gasteiger charge is -2.11. The van der Waals surface area contributed by atoms with Crippen LogP contribution in [0.3, 0.4) is 0 Å². The molecule has 1 heterocycles. The normalized spacial score (nSPS) is 47.7. The minimum absolute atomic E-state index is 0.696. The first-order valence-electron chi connectivity index (χ1n) is 4.74. The topological polar surface area (TPSA) is 3.24 Å². The van der Waals surface area contributed by atoms with Gasteiger partial charge in [0.2, 0.25) is 0 Å². The van der Waals surface area contributed by atoms with Crippen LogP contribution in [0.5, 0.6) is 0 Å². The van der Waals surface area contributed by atoms with Crippen molar-refractivity contribution in [2.45, 2.75) is 34.1 Å². The SMILES string of the molecule is CC.CN1C[C@@]2(C)C[C@@]2(C)C1. The Hall–Kier alpha value is -0.0400. The maximum atomic E-state index is 2.45. The zero-order chi connectivity index (χ0) is 8.70. The van der Waals surface area contributed by atoms with Crippen molar-refractivity contribution >= 4 is 0 Å². The molecule has 1 aliphatic carbocycles. The Kier molecular flexibility index (Phi) is 2.04. The second-order valence-electron chi connectivity index (χ2n) is 4.47. The lowest BCUT2D eigenvalue weighted by molar-refractivity contribution is 0.336. The number of rotatable bonds is 0. The highest BCUT2D eigenvalue weighted by atomic mass is 15.2. The van der Waals surface area contributed by atoms with Gasteiger partial charge in [-0.3, -0.25) is 0 Å². The van der Waals surface area contributed by atoms with Gasteiger partial charge >= 0.3 is 0 Å². The minimum Gasteiger partial charge on any atom is -0.305 e. The van der Waals surface area contributed by atoms with E-state index in [-0.39, 0.29) is 0 Å². The molecule has 2 atom stereocenters. The van der Waals surface area contributed by atoms with Gasteiger partial charge in [-0.05, 0) is 24.3 Å². The number of hydrogen-bond donors (Lipinski definition) is 0. The quantitative estimate of drug-likeness (QED) is 0.519. The molecule has 1 heteroatoms. The van der Waals surface area contributed by atoms with Gasteiger partial charge in [0.05, 0.1) is 0 Å². The van der Waals surface area contributed by atoms with E-state index in [0.717, 1.165) is 0 Å². The van der Waals surface area contributed by atoms with E-state index in [1.54, 1.807) is 0 Å². The van der Waals surface area contributed by atoms with Crippen molar-refractivity contribution in [3.63, 3.8) is 0 Å². The van der Waals surface area contributed by atoms with Crippen LogP contribution in [0.25, 0.3) is 0 Å². The van der Waals surface area contributed by atoms with E-state index in [1.807, 2.05) is 13.8 Å². The van der Waals surface area contributed by atoms with E-state index in [1.165, 1.54) is 19.5 Å². The van der Waals surface area contributed by atoms with Crippen LogP contribution in [0.15, 0.2) is 0 Å². The van der Waals surface area contributed by atoms with Crippen molar-refractivity contribution in [1.82, 2.24) is 4.90 Å². The third-order valence-corrected chi connectivity index (χ3v) is 3.35. The summed E-state index contributed by atoms with van der Waals surface area (Å²) < 4.78 is 0. The van der Waals surface area contributed by atoms with Crippen molar-refractivity contribution in [3.8, 4) is 0 Å². The number of piperidine rings is 1. The van der Waals surface area contributed by atoms with E-state index in [0.29, 0.717) is 10.8 Å². The van der Waals surface area contributed by atoms with Gasteiger partial charge in [0, 0.05) is 13.1 Å². The Morgan fingerprint density at radius 2 is 1.36 bits per heavy atom. The van der Waals surface area contributed by atoms with Crippen LogP contribution in [-0.2, 0) is 0 Å². The zero-order valence-corrected chi connectivity index (χ0v) is 8.57. The highest BCUT2D eigenvalue weighted by molar-refractivity contribution is 5.16. The van der Waals surface area contributed by atoms with E-state index in [9.17, 15) is 0 Å². The number of nitrogens with zero attached hydrogens (tertiary/aromatic N) is 1. The molecule has 1 saturated carbocycles. The van der Waals surface area contributed by atoms with E-state index in [2.05, 4.69) is 25.8 Å². The lowest BCUT2D eigenvalue weighted by atomic mass is 10.0. The van der Waals surface area contributed by atoms with Crippen LogP contribution in [0.1, 0.15) is 34.1 Å². The molecule has 0 aromatic rings. The summed E-state index contributed by atoms with van der Waals surface area (Å²) in [4.78, 5) is 2.45. The van der Waals surface area contributed by atoms with Crippen molar-refractivity contribution in [3.05, 3.63) is 0 Å². The minimum atomic E-state index is 0.696. The molecule has 1 saturated heterocycles. The molecule has 0 amide bonds. The second-order valence-corrected chi connectivity index (χ2v) is 4.47. The summed E-state index contributed by atoms with van der Waals surface area (Å²) in [6.07, 6.45) is 1.46. The lowest BCUT2D eigenvalue weighted by Crippen LogP contribution is -2.19. The number of fused-ring (bicyclic) bond motifs is 1. The molecule has 2 aliphatic rings. The molecule has 0 unspecified atom stereocenters. The van der Waals surface area contributed by atoms with Gasteiger partial charge in [-0.25, -0.2) is 0 Å². The van der Waals surface area contributed by atoms with Crippen molar-refractivity contribution in [2.75, 3.05) is 20.1 Å². The fourth-order valence-electron chi connectivity index (χ4n) is 2.56. The molecule has 0 N–H and O–H groups in total. The molecule has 2 rings (SSSR count). The molecule has 0 radical (unpaired) electrons. The third kappa shape index (κ3) is 1.20. The van der Waals surface area contributed by atoms with Gasteiger partial charge in [-0.1, -0.05) is 27.7 Å². The fourth-order valence-corrected chi connectivity index (χ4v) is 2.56. The average Bonchev–Trinajstić information content (AvgIpc) is 2.28. The summed E-state index contributed by atoms with van der Waals surface area (Å²) in [5.74, 6) is 0. The maximum absolute atomic E-state index is 2.45. The molecule has 66 valence electrons. The monoisotopic (exact) mass is 155 g/mol. The molecule has 2 fully saturated rings. The van der Waals surface area contributed by atoms with E-state index >= 15 is 0 Å². The Balaban J connectivity index is 0.000000281. The van der Waals surface area contributed by atoms with Gasteiger partial charge in [0.25, 0.3) is 0 Å². The Morgan fingerprint density at radius 1 is 1.00 bits per heavy atom. The van der Waals surface area contributed by atoms with Crippen LogP contribution in [0.2, 0.25) is 0 Å². The van der Waals surface area contributed by atoms with Gasteiger partial charge in [-0.2, -0.15) is 0 Å². The molecule has 0 aromatic heterocycles. The maximum Gasteiger partial charge on any atom is 0.00384 e. The standard InChI is InChI=1S/C8H15N.C2H6/c1-7-4-8(7,2)6-9(3)5-7;1-2/h4-6H2,1-3H3;1-2H3/t7-,8+;. The van der Waals surface area contributed by atoms with Gasteiger partial charge < -0.3 is 4.90 Å². The van der Waals surface area contributed by atoms with Gasteiger partial charge in [-0.15, -0.1) is 0 Å². The Labute approximate surface area is 70.8 Å². The van der Waals surface area contributed by atoms with Crippen LogP contribution in [0, 0.1) is 10.8 Å². The fraction of sp³-hybridized carbons (Fsp3) is 1.00. The Morgan fingerprint density at radius 3 is 1.55 bits per heavy atom. The van der Waals surface area contributed by atoms with Crippen LogP contribution < -0.4 is 0 Å². The molecule has 1 aliphatic heterocycles. The second kappa shape index (κ2) is 2.48. The van der Waals surface area contributed by atoms with Crippen LogP contribution in [-0.4, -0.2) is 25.0 Å². The first kappa shape index (κ1) is 9.05. The first-order valence-corrected chi connectivity index (χ1v) is 4.74. The Bertz CT molecular complexity index is 139. The van der Waals surface area contributed by atoms with Crippen molar-refractivity contribution in [1.29, 1.82) is 0 Å². The largest absolute Gasteiger partial charge is 0.305 e. The average molecular weight is 155 g/mol. The molecular weight excluding hydrogens is 134 g/mol. The summed E-state index contributed by atoms with van der Waals surface area (Å²) in [6, 6.07) is 0. The van der Waals surface area contributed by atoms with Crippen molar-refractivity contribution in [2.24, 2.45) is 10.8 Å². The molecule has 11 heavy (non-hydrogen) atoms. The predicted octanol–water partition coefficient (Wildman–Crippen LogP) is 2.37. The van der Waals surface area contributed by atoms with Crippen molar-refractivity contribution < 1.29 is 0 Å². The number of hydrogen-bond acceptors (Lipinski definition) is 1. The van der Waals surface area contributed by atoms with E-state index in [4.69, 9.17) is 0 Å². The summed E-state index contributed by atoms with van der Waals surface area (Å²) >= 11 is 0. The third-order valence-electron chi connectivity index (χ3n) is 3.35. The summed E-state index contributed by atoms with van der Waals surface area (Å²) in [5.41, 5.74) is 1.39. The molecule has 0 spiro atoms. The first-order chi connectivity index (χ1) is 5.06.